The summed E-state index contributed by atoms with van der Waals surface area (Å²) < 4.78 is 0. The van der Waals surface area contributed by atoms with E-state index in [0.29, 0.717) is 6.41 Å². The Morgan fingerprint density at radius 1 is 1.83 bits per heavy atom. The Hall–Kier alpha value is -0.860. The quantitative estimate of drug-likeness (QED) is 0.281. The normalized spacial score (nSPS) is 8.83. The summed E-state index contributed by atoms with van der Waals surface area (Å²) in [6.45, 7) is 1.72. The fraction of sp³-hybridized carbons (Fsp3) is 0.333. The average Bonchev–Trinajstić information content (AvgIpc) is 1.61. The van der Waals surface area contributed by atoms with Gasteiger partial charge >= 0.3 is 0 Å². The van der Waals surface area contributed by atoms with Crippen LogP contribution in [0.3, 0.4) is 0 Å². The molecule has 34 valence electrons. The van der Waals surface area contributed by atoms with E-state index in [1.54, 1.807) is 6.92 Å². The highest BCUT2D eigenvalue weighted by Gasteiger charge is 1.55. The Bertz CT molecular complexity index is 59.8. The lowest BCUT2D eigenvalue weighted by molar-refractivity contribution is -0.109. The average molecular weight is 86.1 g/mol. The molecule has 0 bridgehead atoms. The molecule has 0 aromatic rings. The van der Waals surface area contributed by atoms with E-state index in [4.69, 9.17) is 0 Å². The number of rotatable bonds is 2. The van der Waals surface area contributed by atoms with Gasteiger partial charge in [0.25, 0.3) is 0 Å². The topological polar surface area (TPSA) is 41.5 Å². The Morgan fingerprint density at radius 2 is 2.50 bits per heavy atom. The third-order valence-electron chi connectivity index (χ3n) is 0.256. The van der Waals surface area contributed by atoms with Crippen molar-refractivity contribution in [2.24, 2.45) is 5.10 Å². The molecule has 0 heterocycles. The second kappa shape index (κ2) is 4.14. The monoisotopic (exact) mass is 86.0 g/mol. The standard InChI is InChI=1S/C3H6N2O/c1-2-4-5-3-6/h2-3H,1H3,(H,5,6)/b4-2-. The highest BCUT2D eigenvalue weighted by molar-refractivity contribution is 5.56. The minimum atomic E-state index is 0.514. The Balaban J connectivity index is 2.85. The number of hydrogen-bond acceptors (Lipinski definition) is 2. The molecule has 0 spiro atoms. The van der Waals surface area contributed by atoms with Gasteiger partial charge in [-0.15, -0.1) is 0 Å². The van der Waals surface area contributed by atoms with Crippen LogP contribution >= 0.6 is 0 Å². The first kappa shape index (κ1) is 5.14. The lowest BCUT2D eigenvalue weighted by atomic mass is 10.9. The maximum atomic E-state index is 9.34. The van der Waals surface area contributed by atoms with Crippen LogP contribution in [0.2, 0.25) is 0 Å². The van der Waals surface area contributed by atoms with Crippen LogP contribution in [0.5, 0.6) is 0 Å². The minimum Gasteiger partial charge on any atom is -0.277 e. The number of hydrogen-bond donors (Lipinski definition) is 1. The molecule has 1 amide bonds. The van der Waals surface area contributed by atoms with Gasteiger partial charge < -0.3 is 0 Å². The maximum Gasteiger partial charge on any atom is 0.227 e. The largest absolute Gasteiger partial charge is 0.277 e. The summed E-state index contributed by atoms with van der Waals surface area (Å²) in [5, 5.41) is 3.35. The number of carbonyl (C=O) groups excluding carboxylic acids is 1. The van der Waals surface area contributed by atoms with Crippen molar-refractivity contribution < 1.29 is 4.79 Å². The number of amides is 1. The molecule has 0 atom stereocenters. The highest BCUT2D eigenvalue weighted by atomic mass is 16.1. The van der Waals surface area contributed by atoms with E-state index in [9.17, 15) is 4.79 Å². The van der Waals surface area contributed by atoms with Gasteiger partial charge in [-0.25, -0.2) is 0 Å². The summed E-state index contributed by atoms with van der Waals surface area (Å²) in [4.78, 5) is 9.34. The van der Waals surface area contributed by atoms with E-state index in [0.717, 1.165) is 0 Å². The summed E-state index contributed by atoms with van der Waals surface area (Å²) in [6, 6.07) is 0. The minimum absolute atomic E-state index is 0.514. The van der Waals surface area contributed by atoms with Crippen molar-refractivity contribution in [2.75, 3.05) is 0 Å². The van der Waals surface area contributed by atoms with Crippen LogP contribution in [0.25, 0.3) is 0 Å². The van der Waals surface area contributed by atoms with Crippen molar-refractivity contribution in [2.45, 2.75) is 6.92 Å². The molecule has 1 N–H and O–H groups in total. The third-order valence-corrected chi connectivity index (χ3v) is 0.256. The Morgan fingerprint density at radius 3 is 2.67 bits per heavy atom. The molecule has 0 fully saturated rings. The second-order valence-electron chi connectivity index (χ2n) is 0.634. The molecule has 0 unspecified atom stereocenters. The van der Waals surface area contributed by atoms with E-state index in [1.165, 1.54) is 6.21 Å². The third kappa shape index (κ3) is 3.14. The molecule has 0 aromatic carbocycles. The van der Waals surface area contributed by atoms with Crippen molar-refractivity contribution >= 4 is 12.6 Å². The van der Waals surface area contributed by atoms with Crippen molar-refractivity contribution in [3.63, 3.8) is 0 Å². The van der Waals surface area contributed by atoms with E-state index < -0.39 is 0 Å². The fourth-order valence-corrected chi connectivity index (χ4v) is 0.105. The maximum absolute atomic E-state index is 9.34. The van der Waals surface area contributed by atoms with Crippen molar-refractivity contribution in [3.8, 4) is 0 Å². The molecule has 0 aromatic heterocycles. The molecule has 0 saturated heterocycles. The lowest BCUT2D eigenvalue weighted by Crippen LogP contribution is -1.98. The van der Waals surface area contributed by atoms with Crippen molar-refractivity contribution in [1.29, 1.82) is 0 Å². The molecule has 0 aliphatic heterocycles. The van der Waals surface area contributed by atoms with Crippen molar-refractivity contribution in [1.82, 2.24) is 5.43 Å². The summed E-state index contributed by atoms with van der Waals surface area (Å²) in [7, 11) is 0. The van der Waals surface area contributed by atoms with Gasteiger partial charge in [-0.2, -0.15) is 5.10 Å². The van der Waals surface area contributed by atoms with Crippen molar-refractivity contribution in [3.05, 3.63) is 0 Å². The highest BCUT2D eigenvalue weighted by Crippen LogP contribution is 1.43. The molecule has 0 aliphatic rings. The fourth-order valence-electron chi connectivity index (χ4n) is 0.105. The SMILES string of the molecule is C/C=N\NC=O. The molecule has 0 radical (unpaired) electrons. The van der Waals surface area contributed by atoms with Gasteiger partial charge in [-0.3, -0.25) is 10.2 Å². The first-order valence-electron chi connectivity index (χ1n) is 1.58. The zero-order valence-electron chi connectivity index (χ0n) is 3.51. The van der Waals surface area contributed by atoms with Crippen LogP contribution in [-0.2, 0) is 4.79 Å². The van der Waals surface area contributed by atoms with Gasteiger partial charge in [-0.05, 0) is 6.92 Å². The molecular formula is C3H6N2O. The molecule has 0 aliphatic carbocycles. The van der Waals surface area contributed by atoms with Gasteiger partial charge in [0.05, 0.1) is 0 Å². The Labute approximate surface area is 36.0 Å². The molecule has 0 rings (SSSR count). The predicted molar refractivity (Wildman–Crippen MR) is 23.4 cm³/mol. The van der Waals surface area contributed by atoms with Crippen LogP contribution < -0.4 is 5.43 Å². The van der Waals surface area contributed by atoms with Gasteiger partial charge in [-0.1, -0.05) is 0 Å². The molecule has 3 heteroatoms. The zero-order valence-corrected chi connectivity index (χ0v) is 3.51. The molecule has 3 nitrogen and oxygen atoms in total. The summed E-state index contributed by atoms with van der Waals surface area (Å²) in [6.07, 6.45) is 2.01. The smallest absolute Gasteiger partial charge is 0.227 e. The summed E-state index contributed by atoms with van der Waals surface area (Å²) in [5.41, 5.74) is 2.09. The molecule has 0 saturated carbocycles. The van der Waals surface area contributed by atoms with E-state index in [-0.39, 0.29) is 0 Å². The summed E-state index contributed by atoms with van der Waals surface area (Å²) in [5.74, 6) is 0. The van der Waals surface area contributed by atoms with Gasteiger partial charge in [0.2, 0.25) is 6.41 Å². The molecular weight excluding hydrogens is 80.0 g/mol. The number of carbonyl (C=O) groups is 1. The number of nitrogens with zero attached hydrogens (tertiary/aromatic N) is 1. The van der Waals surface area contributed by atoms with E-state index in [1.807, 2.05) is 0 Å². The van der Waals surface area contributed by atoms with Crippen LogP contribution in [-0.4, -0.2) is 12.6 Å². The number of hydrazone groups is 1. The Kier molecular flexibility index (Phi) is 3.55. The second-order valence-corrected chi connectivity index (χ2v) is 0.634. The van der Waals surface area contributed by atoms with Crippen LogP contribution in [0.1, 0.15) is 6.92 Å². The van der Waals surface area contributed by atoms with Crippen LogP contribution in [0.4, 0.5) is 0 Å². The van der Waals surface area contributed by atoms with Gasteiger partial charge in [0.15, 0.2) is 0 Å². The zero-order chi connectivity index (χ0) is 4.83. The van der Waals surface area contributed by atoms with Crippen LogP contribution in [0, 0.1) is 0 Å². The number of nitrogens with one attached hydrogen (secondary N) is 1. The van der Waals surface area contributed by atoms with Gasteiger partial charge in [0.1, 0.15) is 0 Å². The van der Waals surface area contributed by atoms with Crippen LogP contribution in [0.15, 0.2) is 5.10 Å². The lowest BCUT2D eigenvalue weighted by Gasteiger charge is -1.74. The van der Waals surface area contributed by atoms with Gasteiger partial charge in [0, 0.05) is 6.21 Å². The first-order valence-corrected chi connectivity index (χ1v) is 1.58. The van der Waals surface area contributed by atoms with E-state index >= 15 is 0 Å². The summed E-state index contributed by atoms with van der Waals surface area (Å²) >= 11 is 0. The predicted octanol–water partition coefficient (Wildman–Crippen LogP) is -0.262. The first-order chi connectivity index (χ1) is 2.91. The van der Waals surface area contributed by atoms with E-state index in [2.05, 4.69) is 10.5 Å². The molecule has 6 heavy (non-hydrogen) atoms.